The van der Waals surface area contributed by atoms with Gasteiger partial charge in [-0.25, -0.2) is 0 Å². The van der Waals surface area contributed by atoms with Gasteiger partial charge in [-0.05, 0) is 37.1 Å². The van der Waals surface area contributed by atoms with Crippen molar-refractivity contribution in [2.75, 3.05) is 19.6 Å². The van der Waals surface area contributed by atoms with Crippen LogP contribution in [0.5, 0.6) is 0 Å². The van der Waals surface area contributed by atoms with Crippen LogP contribution in [0.4, 0.5) is 0 Å². The zero-order valence-electron chi connectivity index (χ0n) is 11.2. The minimum atomic E-state index is 0.129. The van der Waals surface area contributed by atoms with E-state index in [-0.39, 0.29) is 6.61 Å². The lowest BCUT2D eigenvalue weighted by Crippen LogP contribution is -2.37. The van der Waals surface area contributed by atoms with E-state index in [1.807, 2.05) is 12.1 Å². The van der Waals surface area contributed by atoms with Crippen molar-refractivity contribution in [3.05, 3.63) is 35.4 Å². The van der Waals surface area contributed by atoms with Crippen molar-refractivity contribution in [2.24, 2.45) is 0 Å². The van der Waals surface area contributed by atoms with Crippen molar-refractivity contribution in [1.29, 1.82) is 0 Å². The minimum Gasteiger partial charge on any atom is -0.392 e. The molecule has 1 aromatic carbocycles. The Morgan fingerprint density at radius 3 is 2.56 bits per heavy atom. The first-order valence-electron chi connectivity index (χ1n) is 6.96. The first-order chi connectivity index (χ1) is 8.81. The van der Waals surface area contributed by atoms with Gasteiger partial charge in [-0.15, -0.1) is 0 Å². The smallest absolute Gasteiger partial charge is 0.0681 e. The second kappa shape index (κ2) is 6.88. The first-order valence-corrected chi connectivity index (χ1v) is 6.96. The number of nitrogens with one attached hydrogen (secondary N) is 1. The molecule has 1 heterocycles. The lowest BCUT2D eigenvalue weighted by molar-refractivity contribution is 0.253. The van der Waals surface area contributed by atoms with Crippen LogP contribution in [0.2, 0.25) is 0 Å². The molecule has 3 heteroatoms. The summed E-state index contributed by atoms with van der Waals surface area (Å²) in [5, 5.41) is 12.6. The number of benzene rings is 1. The normalized spacial score (nSPS) is 19.6. The van der Waals surface area contributed by atoms with Gasteiger partial charge in [0.25, 0.3) is 0 Å². The van der Waals surface area contributed by atoms with Gasteiger partial charge in [0.15, 0.2) is 0 Å². The quantitative estimate of drug-likeness (QED) is 0.805. The Morgan fingerprint density at radius 1 is 1.28 bits per heavy atom. The van der Waals surface area contributed by atoms with E-state index in [2.05, 4.69) is 29.3 Å². The summed E-state index contributed by atoms with van der Waals surface area (Å²) >= 11 is 0. The van der Waals surface area contributed by atoms with Crippen LogP contribution in [-0.2, 0) is 13.2 Å². The van der Waals surface area contributed by atoms with Gasteiger partial charge in [0, 0.05) is 19.1 Å². The fourth-order valence-corrected chi connectivity index (χ4v) is 2.54. The molecule has 1 aliphatic heterocycles. The Kier molecular flexibility index (Phi) is 5.17. The summed E-state index contributed by atoms with van der Waals surface area (Å²) in [6, 6.07) is 8.93. The predicted molar refractivity (Wildman–Crippen MR) is 74.3 cm³/mol. The molecule has 1 aromatic rings. The minimum absolute atomic E-state index is 0.129. The molecule has 2 N–H and O–H groups in total. The Morgan fingerprint density at radius 2 is 2.00 bits per heavy atom. The van der Waals surface area contributed by atoms with Gasteiger partial charge in [0.2, 0.25) is 0 Å². The SMILES string of the molecule is CCN(Cc1ccc(CO)cc1)CC1CCCN1. The van der Waals surface area contributed by atoms with Gasteiger partial charge in [0.1, 0.15) is 0 Å². The summed E-state index contributed by atoms with van der Waals surface area (Å²) < 4.78 is 0. The molecular weight excluding hydrogens is 224 g/mol. The van der Waals surface area contributed by atoms with Crippen LogP contribution in [0.25, 0.3) is 0 Å². The molecule has 0 saturated carbocycles. The molecule has 1 unspecified atom stereocenters. The maximum atomic E-state index is 9.03. The molecule has 3 nitrogen and oxygen atoms in total. The van der Waals surface area contributed by atoms with Crippen molar-refractivity contribution >= 4 is 0 Å². The molecule has 0 radical (unpaired) electrons. The molecule has 18 heavy (non-hydrogen) atoms. The molecule has 2 rings (SSSR count). The Hall–Kier alpha value is -0.900. The highest BCUT2D eigenvalue weighted by atomic mass is 16.3. The summed E-state index contributed by atoms with van der Waals surface area (Å²) in [5.41, 5.74) is 2.31. The average molecular weight is 248 g/mol. The van der Waals surface area contributed by atoms with Gasteiger partial charge < -0.3 is 10.4 Å². The highest BCUT2D eigenvalue weighted by molar-refractivity contribution is 5.21. The monoisotopic (exact) mass is 248 g/mol. The van der Waals surface area contributed by atoms with E-state index >= 15 is 0 Å². The van der Waals surface area contributed by atoms with Gasteiger partial charge in [-0.2, -0.15) is 0 Å². The second-order valence-electron chi connectivity index (χ2n) is 5.10. The van der Waals surface area contributed by atoms with E-state index in [9.17, 15) is 0 Å². The van der Waals surface area contributed by atoms with Gasteiger partial charge in [-0.1, -0.05) is 31.2 Å². The molecule has 100 valence electrons. The van der Waals surface area contributed by atoms with E-state index in [1.54, 1.807) is 0 Å². The van der Waals surface area contributed by atoms with Crippen LogP contribution in [-0.4, -0.2) is 35.7 Å². The standard InChI is InChI=1S/C15H24N2O/c1-2-17(11-15-4-3-9-16-15)10-13-5-7-14(12-18)8-6-13/h5-8,15-16,18H,2-4,9-12H2,1H3. The molecule has 1 aliphatic rings. The highest BCUT2D eigenvalue weighted by Gasteiger charge is 2.16. The van der Waals surface area contributed by atoms with Crippen LogP contribution in [0.1, 0.15) is 30.9 Å². The van der Waals surface area contributed by atoms with Crippen LogP contribution >= 0.6 is 0 Å². The number of likely N-dealkylation sites (N-methyl/N-ethyl adjacent to an activating group) is 1. The molecule has 1 saturated heterocycles. The van der Waals surface area contributed by atoms with Crippen LogP contribution < -0.4 is 5.32 Å². The van der Waals surface area contributed by atoms with Crippen LogP contribution in [0.3, 0.4) is 0 Å². The molecule has 1 atom stereocenters. The molecular formula is C15H24N2O. The lowest BCUT2D eigenvalue weighted by atomic mass is 10.1. The van der Waals surface area contributed by atoms with E-state index in [1.165, 1.54) is 24.9 Å². The van der Waals surface area contributed by atoms with E-state index in [0.29, 0.717) is 6.04 Å². The van der Waals surface area contributed by atoms with Crippen molar-refractivity contribution in [1.82, 2.24) is 10.2 Å². The van der Waals surface area contributed by atoms with Gasteiger partial charge in [0.05, 0.1) is 6.61 Å². The topological polar surface area (TPSA) is 35.5 Å². The average Bonchev–Trinajstić information content (AvgIpc) is 2.91. The fourth-order valence-electron chi connectivity index (χ4n) is 2.54. The van der Waals surface area contributed by atoms with Crippen LogP contribution in [0.15, 0.2) is 24.3 Å². The summed E-state index contributed by atoms with van der Waals surface area (Å²) in [6.45, 7) is 6.74. The molecule has 1 fully saturated rings. The second-order valence-corrected chi connectivity index (χ2v) is 5.10. The largest absolute Gasteiger partial charge is 0.392 e. The van der Waals surface area contributed by atoms with E-state index in [4.69, 9.17) is 5.11 Å². The van der Waals surface area contributed by atoms with E-state index in [0.717, 1.165) is 25.2 Å². The zero-order valence-corrected chi connectivity index (χ0v) is 11.2. The molecule has 0 aromatic heterocycles. The molecule has 0 bridgehead atoms. The number of aliphatic hydroxyl groups excluding tert-OH is 1. The molecule has 0 spiro atoms. The summed E-state index contributed by atoms with van der Waals surface area (Å²) in [6.07, 6.45) is 2.62. The first kappa shape index (κ1) is 13.5. The Bertz CT molecular complexity index is 344. The zero-order chi connectivity index (χ0) is 12.8. The van der Waals surface area contributed by atoms with Crippen molar-refractivity contribution in [2.45, 2.75) is 39.0 Å². The highest BCUT2D eigenvalue weighted by Crippen LogP contribution is 2.11. The van der Waals surface area contributed by atoms with Crippen molar-refractivity contribution < 1.29 is 5.11 Å². The van der Waals surface area contributed by atoms with Crippen molar-refractivity contribution in [3.8, 4) is 0 Å². The van der Waals surface area contributed by atoms with Gasteiger partial charge in [-0.3, -0.25) is 4.90 Å². The maximum absolute atomic E-state index is 9.03. The fraction of sp³-hybridized carbons (Fsp3) is 0.600. The Balaban J connectivity index is 1.87. The van der Waals surface area contributed by atoms with Crippen LogP contribution in [0, 0.1) is 0 Å². The van der Waals surface area contributed by atoms with Gasteiger partial charge >= 0.3 is 0 Å². The number of nitrogens with zero attached hydrogens (tertiary/aromatic N) is 1. The number of hydrogen-bond donors (Lipinski definition) is 2. The Labute approximate surface area is 110 Å². The summed E-state index contributed by atoms with van der Waals surface area (Å²) in [4.78, 5) is 2.48. The number of aliphatic hydroxyl groups is 1. The molecule has 0 amide bonds. The lowest BCUT2D eigenvalue weighted by Gasteiger charge is -2.24. The molecule has 0 aliphatic carbocycles. The third kappa shape index (κ3) is 3.80. The third-order valence-corrected chi connectivity index (χ3v) is 3.70. The van der Waals surface area contributed by atoms with Crippen molar-refractivity contribution in [3.63, 3.8) is 0 Å². The van der Waals surface area contributed by atoms with E-state index < -0.39 is 0 Å². The number of rotatable bonds is 6. The summed E-state index contributed by atoms with van der Waals surface area (Å²) in [7, 11) is 0. The summed E-state index contributed by atoms with van der Waals surface area (Å²) in [5.74, 6) is 0. The predicted octanol–water partition coefficient (Wildman–Crippen LogP) is 1.75. The number of hydrogen-bond acceptors (Lipinski definition) is 3. The third-order valence-electron chi connectivity index (χ3n) is 3.70. The maximum Gasteiger partial charge on any atom is 0.0681 e.